The molecule has 1 aromatic rings. The molecule has 0 saturated heterocycles. The predicted molar refractivity (Wildman–Crippen MR) is 59.5 cm³/mol. The Morgan fingerprint density at radius 2 is 2.40 bits per heavy atom. The molecule has 0 atom stereocenters. The minimum absolute atomic E-state index is 0.362. The summed E-state index contributed by atoms with van der Waals surface area (Å²) in [6.07, 6.45) is 3.75. The average molecular weight is 226 g/mol. The summed E-state index contributed by atoms with van der Waals surface area (Å²) in [6.45, 7) is 0. The average Bonchev–Trinajstić information content (AvgIpc) is 2.62. The van der Waals surface area contributed by atoms with Crippen LogP contribution in [-0.2, 0) is 4.74 Å². The summed E-state index contributed by atoms with van der Waals surface area (Å²) in [4.78, 5) is 17.6. The Bertz CT molecular complexity index is 360. The summed E-state index contributed by atoms with van der Waals surface area (Å²) in [5, 5.41) is 2.65. The Kier molecular flexibility index (Phi) is 2.90. The molecule has 82 valence electrons. The van der Waals surface area contributed by atoms with Crippen molar-refractivity contribution in [2.45, 2.75) is 25.3 Å². The van der Waals surface area contributed by atoms with Gasteiger partial charge in [0.2, 0.25) is 0 Å². The minimum Gasteiger partial charge on any atom is -0.464 e. The van der Waals surface area contributed by atoms with Crippen molar-refractivity contribution in [1.29, 1.82) is 0 Å². The van der Waals surface area contributed by atoms with E-state index in [9.17, 15) is 4.79 Å². The molecule has 1 aliphatic rings. The van der Waals surface area contributed by atoms with Crippen molar-refractivity contribution in [1.82, 2.24) is 4.98 Å². The number of ether oxygens (including phenoxy) is 1. The topological polar surface area (TPSA) is 42.4 Å². The van der Waals surface area contributed by atoms with Crippen LogP contribution in [0.5, 0.6) is 0 Å². The van der Waals surface area contributed by atoms with E-state index in [0.717, 1.165) is 5.13 Å². The van der Waals surface area contributed by atoms with Crippen molar-refractivity contribution >= 4 is 22.4 Å². The molecule has 15 heavy (non-hydrogen) atoms. The lowest BCUT2D eigenvalue weighted by molar-refractivity contribution is 0.0595. The van der Waals surface area contributed by atoms with Crippen molar-refractivity contribution < 1.29 is 9.53 Å². The summed E-state index contributed by atoms with van der Waals surface area (Å²) in [5.41, 5.74) is 0.406. The predicted octanol–water partition coefficient (Wildman–Crippen LogP) is 1.92. The Balaban J connectivity index is 2.08. The molecule has 1 aliphatic carbocycles. The standard InChI is InChI=1S/C10H14N2O2S/c1-12(7-4-3-5-7)10-11-8(6-15-10)9(13)14-2/h6-7H,3-5H2,1-2H3. The van der Waals surface area contributed by atoms with Gasteiger partial charge in [-0.05, 0) is 19.3 Å². The Labute approximate surface area is 92.9 Å². The van der Waals surface area contributed by atoms with Crippen LogP contribution in [0, 0.1) is 0 Å². The molecule has 1 heterocycles. The van der Waals surface area contributed by atoms with Crippen LogP contribution in [0.25, 0.3) is 0 Å². The first-order chi connectivity index (χ1) is 7.22. The smallest absolute Gasteiger partial charge is 0.357 e. The third-order valence-electron chi connectivity index (χ3n) is 2.81. The number of hydrogen-bond donors (Lipinski definition) is 0. The van der Waals surface area contributed by atoms with Crippen LogP contribution in [0.2, 0.25) is 0 Å². The molecule has 0 unspecified atom stereocenters. The molecule has 2 rings (SSSR count). The fourth-order valence-electron chi connectivity index (χ4n) is 1.55. The summed E-state index contributed by atoms with van der Waals surface area (Å²) in [7, 11) is 3.40. The molecular weight excluding hydrogens is 212 g/mol. The van der Waals surface area contributed by atoms with Gasteiger partial charge in [-0.25, -0.2) is 9.78 Å². The number of rotatable bonds is 3. The lowest BCUT2D eigenvalue weighted by Gasteiger charge is -2.34. The highest BCUT2D eigenvalue weighted by Crippen LogP contribution is 2.30. The van der Waals surface area contributed by atoms with E-state index in [0.29, 0.717) is 11.7 Å². The minimum atomic E-state index is -0.362. The highest BCUT2D eigenvalue weighted by atomic mass is 32.1. The largest absolute Gasteiger partial charge is 0.464 e. The third kappa shape index (κ3) is 1.97. The normalized spacial score (nSPS) is 15.9. The maximum absolute atomic E-state index is 11.2. The van der Waals surface area contributed by atoms with Gasteiger partial charge in [-0.3, -0.25) is 0 Å². The molecule has 4 nitrogen and oxygen atoms in total. The number of hydrogen-bond acceptors (Lipinski definition) is 5. The molecule has 5 heteroatoms. The number of thiazole rings is 1. The zero-order valence-corrected chi connectivity index (χ0v) is 9.71. The fraction of sp³-hybridized carbons (Fsp3) is 0.600. The van der Waals surface area contributed by atoms with Crippen LogP contribution in [-0.4, -0.2) is 31.2 Å². The maximum Gasteiger partial charge on any atom is 0.357 e. The fourth-order valence-corrected chi connectivity index (χ4v) is 2.39. The zero-order valence-electron chi connectivity index (χ0n) is 8.90. The SMILES string of the molecule is COC(=O)c1csc(N(C)C2CCC2)n1. The molecule has 1 saturated carbocycles. The van der Waals surface area contributed by atoms with Crippen LogP contribution in [0.1, 0.15) is 29.8 Å². The summed E-state index contributed by atoms with van der Waals surface area (Å²) in [5.74, 6) is -0.362. The monoisotopic (exact) mass is 226 g/mol. The van der Waals surface area contributed by atoms with Crippen molar-refractivity contribution in [3.8, 4) is 0 Å². The van der Waals surface area contributed by atoms with E-state index in [1.165, 1.54) is 37.7 Å². The van der Waals surface area contributed by atoms with E-state index in [1.54, 1.807) is 5.38 Å². The van der Waals surface area contributed by atoms with Crippen molar-refractivity contribution in [3.63, 3.8) is 0 Å². The number of esters is 1. The Hall–Kier alpha value is -1.10. The van der Waals surface area contributed by atoms with Gasteiger partial charge in [0.1, 0.15) is 0 Å². The quantitative estimate of drug-likeness (QED) is 0.738. The molecule has 1 fully saturated rings. The van der Waals surface area contributed by atoms with Crippen molar-refractivity contribution in [2.24, 2.45) is 0 Å². The third-order valence-corrected chi connectivity index (χ3v) is 3.74. The van der Waals surface area contributed by atoms with Crippen LogP contribution >= 0.6 is 11.3 Å². The van der Waals surface area contributed by atoms with Gasteiger partial charge in [0.15, 0.2) is 10.8 Å². The van der Waals surface area contributed by atoms with Crippen LogP contribution in [0.3, 0.4) is 0 Å². The van der Waals surface area contributed by atoms with Gasteiger partial charge < -0.3 is 9.64 Å². The van der Waals surface area contributed by atoms with Gasteiger partial charge in [0.25, 0.3) is 0 Å². The Morgan fingerprint density at radius 3 is 2.93 bits per heavy atom. The summed E-state index contributed by atoms with van der Waals surface area (Å²) in [6, 6.07) is 0.599. The number of anilines is 1. The number of methoxy groups -OCH3 is 1. The first-order valence-corrected chi connectivity index (χ1v) is 5.87. The van der Waals surface area contributed by atoms with Gasteiger partial charge in [0, 0.05) is 18.5 Å². The first kappa shape index (κ1) is 10.4. The molecule has 0 N–H and O–H groups in total. The Morgan fingerprint density at radius 1 is 1.67 bits per heavy atom. The van der Waals surface area contributed by atoms with E-state index in [2.05, 4.69) is 14.6 Å². The van der Waals surface area contributed by atoms with Crippen molar-refractivity contribution in [3.05, 3.63) is 11.1 Å². The van der Waals surface area contributed by atoms with Gasteiger partial charge >= 0.3 is 5.97 Å². The summed E-state index contributed by atoms with van der Waals surface area (Å²) < 4.78 is 4.62. The zero-order chi connectivity index (χ0) is 10.8. The maximum atomic E-state index is 11.2. The van der Waals surface area contributed by atoms with E-state index < -0.39 is 0 Å². The molecule has 0 aliphatic heterocycles. The second kappa shape index (κ2) is 4.18. The van der Waals surface area contributed by atoms with E-state index in [4.69, 9.17) is 0 Å². The van der Waals surface area contributed by atoms with E-state index >= 15 is 0 Å². The van der Waals surface area contributed by atoms with Gasteiger partial charge in [-0.15, -0.1) is 11.3 Å². The number of aromatic nitrogens is 1. The van der Waals surface area contributed by atoms with Crippen LogP contribution in [0.4, 0.5) is 5.13 Å². The second-order valence-electron chi connectivity index (χ2n) is 3.70. The van der Waals surface area contributed by atoms with E-state index in [1.807, 2.05) is 7.05 Å². The molecule has 0 bridgehead atoms. The molecule has 0 spiro atoms. The molecular formula is C10H14N2O2S. The molecule has 1 aromatic heterocycles. The molecule has 0 aromatic carbocycles. The molecule has 0 amide bonds. The van der Waals surface area contributed by atoms with Gasteiger partial charge in [-0.1, -0.05) is 0 Å². The second-order valence-corrected chi connectivity index (χ2v) is 4.54. The van der Waals surface area contributed by atoms with E-state index in [-0.39, 0.29) is 5.97 Å². The van der Waals surface area contributed by atoms with Crippen LogP contribution in [0.15, 0.2) is 5.38 Å². The van der Waals surface area contributed by atoms with Crippen molar-refractivity contribution in [2.75, 3.05) is 19.1 Å². The number of nitrogens with zero attached hydrogens (tertiary/aromatic N) is 2. The molecule has 0 radical (unpaired) electrons. The highest BCUT2D eigenvalue weighted by molar-refractivity contribution is 7.13. The highest BCUT2D eigenvalue weighted by Gasteiger charge is 2.24. The lowest BCUT2D eigenvalue weighted by atomic mass is 9.92. The first-order valence-electron chi connectivity index (χ1n) is 4.99. The number of carbonyl (C=O) groups is 1. The van der Waals surface area contributed by atoms with Crippen LogP contribution < -0.4 is 4.90 Å². The summed E-state index contributed by atoms with van der Waals surface area (Å²) >= 11 is 1.49. The van der Waals surface area contributed by atoms with Gasteiger partial charge in [-0.2, -0.15) is 0 Å². The van der Waals surface area contributed by atoms with Gasteiger partial charge in [0.05, 0.1) is 7.11 Å². The number of carbonyl (C=O) groups excluding carboxylic acids is 1. The lowest BCUT2D eigenvalue weighted by Crippen LogP contribution is -2.37.